The second-order valence-electron chi connectivity index (χ2n) is 10.5. The second kappa shape index (κ2) is 12.7. The molecule has 0 spiro atoms. The van der Waals surface area contributed by atoms with E-state index < -0.39 is 0 Å². The van der Waals surface area contributed by atoms with Crippen LogP contribution in [0.15, 0.2) is 55.0 Å². The number of aromatic amines is 1. The summed E-state index contributed by atoms with van der Waals surface area (Å²) in [5.74, 6) is 0.411. The molecule has 0 aliphatic carbocycles. The lowest BCUT2D eigenvalue weighted by Gasteiger charge is -2.32. The van der Waals surface area contributed by atoms with Gasteiger partial charge in [-0.1, -0.05) is 24.4 Å². The molecule has 2 saturated heterocycles. The maximum Gasteiger partial charge on any atom is 0.274 e. The Balaban J connectivity index is 1.10. The number of hydrogen-bond donors (Lipinski definition) is 3. The van der Waals surface area contributed by atoms with Crippen molar-refractivity contribution >= 4 is 51.9 Å². The minimum atomic E-state index is -0.273. The third-order valence-corrected chi connectivity index (χ3v) is 7.81. The van der Waals surface area contributed by atoms with Crippen LogP contribution in [-0.2, 0) is 16.1 Å². The molecule has 2 amide bonds. The van der Waals surface area contributed by atoms with Crippen molar-refractivity contribution in [3.8, 4) is 11.3 Å². The quantitative estimate of drug-likeness (QED) is 0.268. The van der Waals surface area contributed by atoms with E-state index in [0.29, 0.717) is 31.1 Å². The minimum absolute atomic E-state index is 0.0714. The molecule has 0 unspecified atom stereocenters. The van der Waals surface area contributed by atoms with Gasteiger partial charge in [-0.05, 0) is 60.8 Å². The Bertz CT molecular complexity index is 1590. The first-order valence-electron chi connectivity index (χ1n) is 14.1. The lowest BCUT2D eigenvalue weighted by Crippen LogP contribution is -2.47. The number of pyridine rings is 1. The molecule has 5 heterocycles. The van der Waals surface area contributed by atoms with Crippen LogP contribution in [0.2, 0.25) is 0 Å². The minimum Gasteiger partial charge on any atom is -0.378 e. The van der Waals surface area contributed by atoms with Crippen LogP contribution < -0.4 is 15.5 Å². The van der Waals surface area contributed by atoms with Gasteiger partial charge in [-0.2, -0.15) is 0 Å². The van der Waals surface area contributed by atoms with Gasteiger partial charge in [0.05, 0.1) is 24.0 Å². The largest absolute Gasteiger partial charge is 0.378 e. The van der Waals surface area contributed by atoms with Crippen molar-refractivity contribution < 1.29 is 14.3 Å². The number of fused-ring (bicyclic) bond motifs is 1. The van der Waals surface area contributed by atoms with Crippen LogP contribution in [0.5, 0.6) is 0 Å². The monoisotopic (exact) mass is 584 g/mol. The normalized spacial score (nSPS) is 17.6. The Morgan fingerprint density at radius 1 is 1.07 bits per heavy atom. The number of H-pyrrole nitrogens is 1. The van der Waals surface area contributed by atoms with Crippen molar-refractivity contribution in [2.24, 2.45) is 0 Å². The van der Waals surface area contributed by atoms with Crippen molar-refractivity contribution in [3.63, 3.8) is 0 Å². The average molecular weight is 585 g/mol. The Morgan fingerprint density at radius 3 is 2.71 bits per heavy atom. The fraction of sp³-hybridized carbons (Fsp3) is 0.333. The Morgan fingerprint density at radius 2 is 1.90 bits per heavy atom. The van der Waals surface area contributed by atoms with E-state index in [2.05, 4.69) is 46.4 Å². The van der Waals surface area contributed by atoms with Gasteiger partial charge in [-0.3, -0.25) is 19.5 Å². The molecule has 6 rings (SSSR count). The van der Waals surface area contributed by atoms with Crippen LogP contribution in [-0.4, -0.2) is 87.5 Å². The van der Waals surface area contributed by atoms with Gasteiger partial charge in [0, 0.05) is 49.8 Å². The molecule has 2 aliphatic rings. The van der Waals surface area contributed by atoms with Crippen LogP contribution in [0.4, 0.5) is 11.5 Å². The number of rotatable bonds is 8. The third-order valence-electron chi connectivity index (χ3n) is 7.59. The number of morpholine rings is 1. The van der Waals surface area contributed by atoms with E-state index in [1.165, 1.54) is 0 Å². The number of likely N-dealkylation sites (tertiary alicyclic amines) is 1. The van der Waals surface area contributed by atoms with E-state index in [1.807, 2.05) is 36.4 Å². The van der Waals surface area contributed by atoms with Gasteiger partial charge >= 0.3 is 0 Å². The molecule has 11 nitrogen and oxygen atoms in total. The van der Waals surface area contributed by atoms with Gasteiger partial charge in [-0.15, -0.1) is 0 Å². The molecule has 0 saturated carbocycles. The summed E-state index contributed by atoms with van der Waals surface area (Å²) in [4.78, 5) is 45.8. The molecule has 0 radical (unpaired) electrons. The van der Waals surface area contributed by atoms with Crippen LogP contribution in [0.3, 0.4) is 0 Å². The van der Waals surface area contributed by atoms with E-state index in [-0.39, 0.29) is 17.9 Å². The maximum absolute atomic E-state index is 13.0. The summed E-state index contributed by atoms with van der Waals surface area (Å²) in [6, 6.07) is 13.5. The molecular formula is C30H32N8O3S. The lowest BCUT2D eigenvalue weighted by atomic mass is 10.0. The molecule has 42 heavy (non-hydrogen) atoms. The molecule has 3 aromatic heterocycles. The van der Waals surface area contributed by atoms with Crippen molar-refractivity contribution in [2.75, 3.05) is 49.6 Å². The van der Waals surface area contributed by atoms with Gasteiger partial charge < -0.3 is 25.3 Å². The fourth-order valence-corrected chi connectivity index (χ4v) is 5.61. The van der Waals surface area contributed by atoms with Gasteiger partial charge in [-0.25, -0.2) is 9.97 Å². The highest BCUT2D eigenvalue weighted by Crippen LogP contribution is 2.29. The molecule has 2 fully saturated rings. The number of ether oxygens (including phenoxy) is 1. The van der Waals surface area contributed by atoms with E-state index in [1.54, 1.807) is 12.5 Å². The van der Waals surface area contributed by atoms with E-state index in [0.717, 1.165) is 78.1 Å². The maximum atomic E-state index is 13.0. The Hall–Kier alpha value is -4.26. The smallest absolute Gasteiger partial charge is 0.274 e. The van der Waals surface area contributed by atoms with Crippen LogP contribution in [0.25, 0.3) is 22.3 Å². The number of nitrogens with one attached hydrogen (secondary N) is 3. The standard InChI is InChI=1S/C30H32N8O3S/c39-27(18-42)34-23-2-1-9-37(17-23)16-20-7-8-31-26(14-20)30(40)35-22-5-3-21(4-6-22)25-15-24-28(36-25)32-19-33-29(24)38-10-12-41-13-11-38/h3-8,14-15,18-19,23H,1-2,9-13,16-17H2,(H,34,39)(H,35,40)(H,32,33,36)/t23-/m1/s1. The molecule has 2 aliphatic heterocycles. The number of benzene rings is 1. The zero-order chi connectivity index (χ0) is 28.9. The number of carbonyl (C=O) groups is 2. The molecule has 0 bridgehead atoms. The molecule has 216 valence electrons. The van der Waals surface area contributed by atoms with Crippen LogP contribution >= 0.6 is 12.2 Å². The Labute approximate surface area is 248 Å². The molecule has 1 atom stereocenters. The highest BCUT2D eigenvalue weighted by atomic mass is 32.1. The third kappa shape index (κ3) is 6.46. The SMILES string of the molecule is O=C(C=S)N[C@@H]1CCCN(Cc2ccnc(C(=O)Nc3ccc(-c4cc5c(N6CCOCC6)ncnc5[nH]4)cc3)c2)C1. The number of hydrogen-bond acceptors (Lipinski definition) is 9. The van der Waals surface area contributed by atoms with Gasteiger partial charge in [0.25, 0.3) is 11.8 Å². The Kier molecular flexibility index (Phi) is 8.45. The predicted molar refractivity (Wildman–Crippen MR) is 165 cm³/mol. The summed E-state index contributed by atoms with van der Waals surface area (Å²) in [6.07, 6.45) is 5.16. The number of amides is 2. The van der Waals surface area contributed by atoms with E-state index in [4.69, 9.17) is 17.0 Å². The summed E-state index contributed by atoms with van der Waals surface area (Å²) < 4.78 is 5.48. The summed E-state index contributed by atoms with van der Waals surface area (Å²) in [5, 5.41) is 8.01. The summed E-state index contributed by atoms with van der Waals surface area (Å²) >= 11 is 4.72. The van der Waals surface area contributed by atoms with Crippen molar-refractivity contribution in [2.45, 2.75) is 25.4 Å². The van der Waals surface area contributed by atoms with E-state index >= 15 is 0 Å². The van der Waals surface area contributed by atoms with Crippen LogP contribution in [0.1, 0.15) is 28.9 Å². The summed E-state index contributed by atoms with van der Waals surface area (Å²) in [7, 11) is 0. The first-order valence-corrected chi connectivity index (χ1v) is 14.5. The predicted octanol–water partition coefficient (Wildman–Crippen LogP) is 3.19. The number of aromatic nitrogens is 4. The molecule has 4 aromatic rings. The van der Waals surface area contributed by atoms with Crippen LogP contribution in [0, 0.1) is 0 Å². The first-order chi connectivity index (χ1) is 20.6. The number of carbonyl (C=O) groups excluding carboxylic acids is 2. The second-order valence-corrected chi connectivity index (χ2v) is 10.8. The highest BCUT2D eigenvalue weighted by molar-refractivity contribution is 7.80. The fourth-order valence-electron chi connectivity index (χ4n) is 5.54. The van der Waals surface area contributed by atoms with Gasteiger partial charge in [0.15, 0.2) is 0 Å². The first kappa shape index (κ1) is 27.9. The van der Waals surface area contributed by atoms with E-state index in [9.17, 15) is 9.59 Å². The summed E-state index contributed by atoms with van der Waals surface area (Å²) in [5.41, 5.74) is 4.70. The number of piperidine rings is 1. The zero-order valence-electron chi connectivity index (χ0n) is 23.1. The zero-order valence-corrected chi connectivity index (χ0v) is 23.9. The number of thiocarbonyl (C=S) groups is 1. The molecule has 12 heteroatoms. The van der Waals surface area contributed by atoms with Crippen molar-refractivity contribution in [1.82, 2.24) is 30.2 Å². The number of anilines is 2. The van der Waals surface area contributed by atoms with Gasteiger partial charge in [0.2, 0.25) is 0 Å². The van der Waals surface area contributed by atoms with Crippen molar-refractivity contribution in [3.05, 3.63) is 66.2 Å². The van der Waals surface area contributed by atoms with Crippen molar-refractivity contribution in [1.29, 1.82) is 0 Å². The van der Waals surface area contributed by atoms with Gasteiger partial charge in [0.1, 0.15) is 23.5 Å². The molecule has 3 N–H and O–H groups in total. The average Bonchev–Trinajstić information content (AvgIpc) is 3.47. The number of nitrogens with zero attached hydrogens (tertiary/aromatic N) is 5. The summed E-state index contributed by atoms with van der Waals surface area (Å²) in [6.45, 7) is 5.30. The highest BCUT2D eigenvalue weighted by Gasteiger charge is 2.22. The molecule has 1 aromatic carbocycles. The topological polar surface area (TPSA) is 128 Å². The molecular weight excluding hydrogens is 552 g/mol. The lowest BCUT2D eigenvalue weighted by molar-refractivity contribution is -0.115.